The molecule has 112 valence electrons. The molecule has 1 aromatic rings. The van der Waals surface area contributed by atoms with Crippen LogP contribution in [0.25, 0.3) is 0 Å². The van der Waals surface area contributed by atoms with E-state index in [-0.39, 0.29) is 5.75 Å². The first-order chi connectivity index (χ1) is 9.97. The zero-order valence-corrected chi connectivity index (χ0v) is 12.2. The molecule has 2 aliphatic rings. The zero-order valence-electron chi connectivity index (χ0n) is 11.4. The molecule has 0 unspecified atom stereocenters. The molecule has 1 N–H and O–H groups in total. The molecule has 1 aliphatic carbocycles. The van der Waals surface area contributed by atoms with Gasteiger partial charge in [0.1, 0.15) is 6.54 Å². The van der Waals surface area contributed by atoms with Gasteiger partial charge in [0.05, 0.1) is 5.75 Å². The van der Waals surface area contributed by atoms with Crippen LogP contribution in [-0.4, -0.2) is 37.6 Å². The molecule has 21 heavy (non-hydrogen) atoms. The number of benzene rings is 1. The second-order valence-corrected chi connectivity index (χ2v) is 7.37. The number of amides is 2. The van der Waals surface area contributed by atoms with E-state index in [0.717, 1.165) is 12.8 Å². The maximum Gasteiger partial charge on any atom is 0.268 e. The predicted molar refractivity (Wildman–Crippen MR) is 75.8 cm³/mol. The van der Waals surface area contributed by atoms with Gasteiger partial charge >= 0.3 is 0 Å². The van der Waals surface area contributed by atoms with Crippen molar-refractivity contribution >= 4 is 21.8 Å². The number of fused-ring (bicyclic) bond motifs is 1. The quantitative estimate of drug-likeness (QED) is 0.878. The first-order valence-electron chi connectivity index (χ1n) is 6.87. The number of hydrogen-bond donors (Lipinski definition) is 1. The highest BCUT2D eigenvalue weighted by Crippen LogP contribution is 2.27. The van der Waals surface area contributed by atoms with Gasteiger partial charge in [0.2, 0.25) is 15.9 Å². The number of nitrogens with zero attached hydrogens (tertiary/aromatic N) is 1. The van der Waals surface area contributed by atoms with E-state index in [9.17, 15) is 18.0 Å². The third kappa shape index (κ3) is 2.92. The topological polar surface area (TPSA) is 83.6 Å². The van der Waals surface area contributed by atoms with Gasteiger partial charge in [0, 0.05) is 12.1 Å². The highest BCUT2D eigenvalue weighted by atomic mass is 32.2. The number of nitrogens with one attached hydrogen (secondary N) is 1. The monoisotopic (exact) mass is 308 g/mol. The molecule has 0 saturated heterocycles. The van der Waals surface area contributed by atoms with Crippen LogP contribution in [0.1, 0.15) is 28.8 Å². The van der Waals surface area contributed by atoms with Crippen molar-refractivity contribution in [1.82, 2.24) is 9.62 Å². The van der Waals surface area contributed by atoms with Crippen LogP contribution in [0, 0.1) is 5.92 Å². The molecular weight excluding hydrogens is 292 g/mol. The Morgan fingerprint density at radius 1 is 1.29 bits per heavy atom. The van der Waals surface area contributed by atoms with E-state index in [4.69, 9.17) is 0 Å². The smallest absolute Gasteiger partial charge is 0.268 e. The van der Waals surface area contributed by atoms with E-state index in [1.807, 2.05) is 0 Å². The number of carbonyl (C=O) groups is 2. The van der Waals surface area contributed by atoms with Crippen molar-refractivity contribution in [3.8, 4) is 0 Å². The summed E-state index contributed by atoms with van der Waals surface area (Å²) in [6.07, 6.45) is 2.18. The largest absolute Gasteiger partial charge is 0.354 e. The van der Waals surface area contributed by atoms with Gasteiger partial charge in [0.25, 0.3) is 5.91 Å². The van der Waals surface area contributed by atoms with Crippen LogP contribution in [-0.2, 0) is 20.6 Å². The molecule has 0 atom stereocenters. The molecule has 1 aromatic carbocycles. The van der Waals surface area contributed by atoms with Gasteiger partial charge < -0.3 is 5.32 Å². The number of rotatable bonds is 4. The van der Waals surface area contributed by atoms with Crippen LogP contribution >= 0.6 is 0 Å². The minimum atomic E-state index is -3.78. The molecule has 0 radical (unpaired) electrons. The predicted octanol–water partition coefficient (Wildman–Crippen LogP) is 0.498. The highest BCUT2D eigenvalue weighted by molar-refractivity contribution is 7.89. The summed E-state index contributed by atoms with van der Waals surface area (Å²) >= 11 is 0. The summed E-state index contributed by atoms with van der Waals surface area (Å²) in [6, 6.07) is 6.58. The van der Waals surface area contributed by atoms with Crippen molar-refractivity contribution in [3.05, 3.63) is 35.4 Å². The molecule has 0 spiro atoms. The first kappa shape index (κ1) is 14.1. The van der Waals surface area contributed by atoms with Gasteiger partial charge in [-0.1, -0.05) is 18.2 Å². The maximum absolute atomic E-state index is 12.3. The molecule has 7 heteroatoms. The standard InChI is InChI=1S/C14H16N2O4S/c17-13(15-7-10-5-6-10)8-16-14(18)12-4-2-1-3-11(12)9-21(16,19)20/h1-4,10H,5-9H2,(H,15,17). The molecule has 2 amide bonds. The number of carbonyl (C=O) groups excluding carboxylic acids is 2. The molecule has 1 aliphatic heterocycles. The number of hydrogen-bond acceptors (Lipinski definition) is 4. The van der Waals surface area contributed by atoms with Crippen LogP contribution in [0.2, 0.25) is 0 Å². The first-order valence-corrected chi connectivity index (χ1v) is 8.47. The average molecular weight is 308 g/mol. The van der Waals surface area contributed by atoms with Crippen molar-refractivity contribution in [1.29, 1.82) is 0 Å². The van der Waals surface area contributed by atoms with Gasteiger partial charge in [-0.05, 0) is 30.4 Å². The fourth-order valence-corrected chi connectivity index (χ4v) is 3.79. The SMILES string of the molecule is O=C(CN1C(=O)c2ccccc2CS1(=O)=O)NCC1CC1. The van der Waals surface area contributed by atoms with Gasteiger partial charge in [-0.25, -0.2) is 12.7 Å². The van der Waals surface area contributed by atoms with Crippen molar-refractivity contribution < 1.29 is 18.0 Å². The normalized spacial score (nSPS) is 20.0. The maximum atomic E-state index is 12.3. The van der Waals surface area contributed by atoms with Gasteiger partial charge in [-0.15, -0.1) is 0 Å². The van der Waals surface area contributed by atoms with E-state index in [2.05, 4.69) is 5.32 Å². The van der Waals surface area contributed by atoms with Crippen LogP contribution in [0.4, 0.5) is 0 Å². The van der Waals surface area contributed by atoms with E-state index < -0.39 is 28.4 Å². The fraction of sp³-hybridized carbons (Fsp3) is 0.429. The Kier molecular flexibility index (Phi) is 3.44. The summed E-state index contributed by atoms with van der Waals surface area (Å²) in [5.41, 5.74) is 0.833. The van der Waals surface area contributed by atoms with Gasteiger partial charge in [0.15, 0.2) is 0 Å². The van der Waals surface area contributed by atoms with Crippen molar-refractivity contribution in [3.63, 3.8) is 0 Å². The molecule has 1 saturated carbocycles. The third-order valence-corrected chi connectivity index (χ3v) is 5.36. The van der Waals surface area contributed by atoms with E-state index in [1.165, 1.54) is 0 Å². The summed E-state index contributed by atoms with van der Waals surface area (Å²) in [7, 11) is -3.78. The molecule has 0 aromatic heterocycles. The summed E-state index contributed by atoms with van der Waals surface area (Å²) in [6.45, 7) is 0.111. The zero-order chi connectivity index (χ0) is 15.0. The molecule has 0 bridgehead atoms. The van der Waals surface area contributed by atoms with Crippen molar-refractivity contribution in [2.75, 3.05) is 13.1 Å². The lowest BCUT2D eigenvalue weighted by atomic mass is 10.1. The molecule has 1 heterocycles. The Bertz CT molecular complexity index is 695. The van der Waals surface area contributed by atoms with Crippen LogP contribution in [0.15, 0.2) is 24.3 Å². The molecular formula is C14H16N2O4S. The Morgan fingerprint density at radius 3 is 2.71 bits per heavy atom. The second kappa shape index (κ2) is 5.14. The summed E-state index contributed by atoms with van der Waals surface area (Å²) in [5.74, 6) is -0.801. The lowest BCUT2D eigenvalue weighted by molar-refractivity contribution is -0.121. The van der Waals surface area contributed by atoms with E-state index in [1.54, 1.807) is 24.3 Å². The Labute approximate surface area is 123 Å². The van der Waals surface area contributed by atoms with Crippen molar-refractivity contribution in [2.45, 2.75) is 18.6 Å². The van der Waals surface area contributed by atoms with E-state index in [0.29, 0.717) is 27.9 Å². The van der Waals surface area contributed by atoms with E-state index >= 15 is 0 Å². The molecule has 1 fully saturated rings. The van der Waals surface area contributed by atoms with Crippen LogP contribution < -0.4 is 5.32 Å². The minimum Gasteiger partial charge on any atom is -0.354 e. The van der Waals surface area contributed by atoms with Gasteiger partial charge in [-0.2, -0.15) is 0 Å². The fourth-order valence-electron chi connectivity index (χ4n) is 2.33. The Balaban J connectivity index is 1.77. The third-order valence-electron chi connectivity index (χ3n) is 3.72. The van der Waals surface area contributed by atoms with Gasteiger partial charge in [-0.3, -0.25) is 9.59 Å². The van der Waals surface area contributed by atoms with Crippen LogP contribution in [0.3, 0.4) is 0 Å². The summed E-state index contributed by atoms with van der Waals surface area (Å²) in [4.78, 5) is 24.1. The molecule has 3 rings (SSSR count). The van der Waals surface area contributed by atoms with Crippen molar-refractivity contribution in [2.24, 2.45) is 5.92 Å². The summed E-state index contributed by atoms with van der Waals surface area (Å²) < 4.78 is 25.0. The summed E-state index contributed by atoms with van der Waals surface area (Å²) in [5, 5.41) is 2.68. The number of sulfonamides is 1. The lowest BCUT2D eigenvalue weighted by Gasteiger charge is -2.27. The molecule has 6 nitrogen and oxygen atoms in total. The lowest BCUT2D eigenvalue weighted by Crippen LogP contribution is -2.47. The second-order valence-electron chi connectivity index (χ2n) is 5.47. The Hall–Kier alpha value is -1.89. The highest BCUT2D eigenvalue weighted by Gasteiger charge is 2.36. The van der Waals surface area contributed by atoms with Crippen LogP contribution in [0.5, 0.6) is 0 Å². The minimum absolute atomic E-state index is 0.245. The average Bonchev–Trinajstić information content (AvgIpc) is 3.25. The Morgan fingerprint density at radius 2 is 2.00 bits per heavy atom.